The van der Waals surface area contributed by atoms with Crippen LogP contribution in [0.15, 0.2) is 32.0 Å². The van der Waals surface area contributed by atoms with Crippen LogP contribution in [0.4, 0.5) is 0 Å². The van der Waals surface area contributed by atoms with Crippen molar-refractivity contribution in [1.82, 2.24) is 4.31 Å². The molecule has 0 saturated heterocycles. The van der Waals surface area contributed by atoms with Crippen LogP contribution in [0.3, 0.4) is 0 Å². The number of benzene rings is 1. The summed E-state index contributed by atoms with van der Waals surface area (Å²) < 4.78 is 27.1. The molecule has 0 aliphatic carbocycles. The van der Waals surface area contributed by atoms with Gasteiger partial charge in [0.05, 0.1) is 4.90 Å². The molecule has 1 aromatic carbocycles. The fourth-order valence-electron chi connectivity index (χ4n) is 1.28. The van der Waals surface area contributed by atoms with E-state index in [1.807, 2.05) is 0 Å². The van der Waals surface area contributed by atoms with Gasteiger partial charge in [0.25, 0.3) is 0 Å². The van der Waals surface area contributed by atoms with E-state index in [1.165, 1.54) is 4.31 Å². The summed E-state index contributed by atoms with van der Waals surface area (Å²) in [7, 11) is -1.91. The lowest BCUT2D eigenvalue weighted by Crippen LogP contribution is -2.29. The van der Waals surface area contributed by atoms with Crippen molar-refractivity contribution in [3.8, 4) is 0 Å². The van der Waals surface area contributed by atoms with Crippen molar-refractivity contribution in [2.24, 2.45) is 5.73 Å². The zero-order valence-corrected chi connectivity index (χ0v) is 13.3. The minimum atomic E-state index is -3.46. The second-order valence-electron chi connectivity index (χ2n) is 3.54. The maximum Gasteiger partial charge on any atom is 0.243 e. The fourth-order valence-corrected chi connectivity index (χ4v) is 3.95. The van der Waals surface area contributed by atoms with Crippen LogP contribution >= 0.6 is 31.9 Å². The van der Waals surface area contributed by atoms with Gasteiger partial charge in [-0.2, -0.15) is 0 Å². The minimum absolute atomic E-state index is 0.256. The average Bonchev–Trinajstić information content (AvgIpc) is 2.28. The lowest BCUT2D eigenvalue weighted by Gasteiger charge is -2.17. The fraction of sp³-hybridized carbons (Fsp3) is 0.400. The third-order valence-electron chi connectivity index (χ3n) is 2.26. The molecular weight excluding hydrogens is 372 g/mol. The SMILES string of the molecule is CN(CCCN)S(=O)(=O)c1cc(Br)ccc1Br. The van der Waals surface area contributed by atoms with E-state index in [0.717, 1.165) is 4.47 Å². The highest BCUT2D eigenvalue weighted by Crippen LogP contribution is 2.27. The standard InChI is InChI=1S/C10H14Br2N2O2S/c1-14(6-2-5-13)17(15,16)10-7-8(11)3-4-9(10)12/h3-4,7H,2,5-6,13H2,1H3. The van der Waals surface area contributed by atoms with Gasteiger partial charge in [-0.3, -0.25) is 0 Å². The maximum absolute atomic E-state index is 12.2. The van der Waals surface area contributed by atoms with Crippen LogP contribution in [-0.2, 0) is 10.0 Å². The Labute approximate surface area is 118 Å². The Kier molecular flexibility index (Phi) is 5.59. The summed E-state index contributed by atoms with van der Waals surface area (Å²) in [4.78, 5) is 0.256. The summed E-state index contributed by atoms with van der Waals surface area (Å²) in [6.07, 6.45) is 0.640. The van der Waals surface area contributed by atoms with E-state index in [4.69, 9.17) is 5.73 Å². The Bertz CT molecular complexity index is 491. The minimum Gasteiger partial charge on any atom is -0.330 e. The number of halogens is 2. The second kappa shape index (κ2) is 6.29. The van der Waals surface area contributed by atoms with Crippen molar-refractivity contribution in [2.45, 2.75) is 11.3 Å². The number of sulfonamides is 1. The van der Waals surface area contributed by atoms with Gasteiger partial charge in [-0.05, 0) is 47.1 Å². The van der Waals surface area contributed by atoms with Gasteiger partial charge in [-0.25, -0.2) is 12.7 Å². The third kappa shape index (κ3) is 3.75. The first-order chi connectivity index (χ1) is 7.89. The molecule has 0 saturated carbocycles. The summed E-state index contributed by atoms with van der Waals surface area (Å²) in [5, 5.41) is 0. The second-order valence-corrected chi connectivity index (χ2v) is 7.33. The van der Waals surface area contributed by atoms with Gasteiger partial charge in [0.2, 0.25) is 10.0 Å². The van der Waals surface area contributed by atoms with Crippen LogP contribution in [-0.4, -0.2) is 32.9 Å². The van der Waals surface area contributed by atoms with Gasteiger partial charge < -0.3 is 5.73 Å². The summed E-state index contributed by atoms with van der Waals surface area (Å²) >= 11 is 6.52. The summed E-state index contributed by atoms with van der Waals surface area (Å²) in [5.41, 5.74) is 5.37. The van der Waals surface area contributed by atoms with Crippen molar-refractivity contribution in [1.29, 1.82) is 0 Å². The molecule has 0 atom stereocenters. The number of nitrogens with two attached hydrogens (primary N) is 1. The van der Waals surface area contributed by atoms with E-state index in [9.17, 15) is 8.42 Å². The molecule has 0 fully saturated rings. The number of hydrogen-bond donors (Lipinski definition) is 1. The van der Waals surface area contributed by atoms with Gasteiger partial charge in [-0.15, -0.1) is 0 Å². The molecular formula is C10H14Br2N2O2S. The van der Waals surface area contributed by atoms with Crippen molar-refractivity contribution in [3.63, 3.8) is 0 Å². The Morgan fingerprint density at radius 2 is 2.00 bits per heavy atom. The number of rotatable bonds is 5. The first kappa shape index (κ1) is 15.1. The zero-order chi connectivity index (χ0) is 13.1. The van der Waals surface area contributed by atoms with E-state index in [2.05, 4.69) is 31.9 Å². The predicted molar refractivity (Wildman–Crippen MR) is 75.3 cm³/mol. The summed E-state index contributed by atoms with van der Waals surface area (Å²) in [6.45, 7) is 0.886. The molecule has 7 heteroatoms. The highest BCUT2D eigenvalue weighted by atomic mass is 79.9. The van der Waals surface area contributed by atoms with Gasteiger partial charge >= 0.3 is 0 Å². The van der Waals surface area contributed by atoms with E-state index in [1.54, 1.807) is 25.2 Å². The normalized spacial score (nSPS) is 12.1. The van der Waals surface area contributed by atoms with Crippen molar-refractivity contribution < 1.29 is 8.42 Å². The molecule has 0 unspecified atom stereocenters. The van der Waals surface area contributed by atoms with Crippen molar-refractivity contribution >= 4 is 41.9 Å². The summed E-state index contributed by atoms with van der Waals surface area (Å²) in [5.74, 6) is 0. The van der Waals surface area contributed by atoms with Crippen LogP contribution in [0.25, 0.3) is 0 Å². The molecule has 0 heterocycles. The summed E-state index contributed by atoms with van der Waals surface area (Å²) in [6, 6.07) is 5.06. The third-order valence-corrected chi connectivity index (χ3v) is 5.60. The molecule has 0 aromatic heterocycles. The molecule has 0 radical (unpaired) electrons. The molecule has 0 aliphatic heterocycles. The van der Waals surface area contributed by atoms with Crippen LogP contribution in [0.5, 0.6) is 0 Å². The van der Waals surface area contributed by atoms with Gasteiger partial charge in [-0.1, -0.05) is 15.9 Å². The van der Waals surface area contributed by atoms with Crippen LogP contribution < -0.4 is 5.73 Å². The molecule has 4 nitrogen and oxygen atoms in total. The van der Waals surface area contributed by atoms with E-state index < -0.39 is 10.0 Å². The number of nitrogens with zero attached hydrogens (tertiary/aromatic N) is 1. The Morgan fingerprint density at radius 3 is 2.59 bits per heavy atom. The quantitative estimate of drug-likeness (QED) is 0.844. The predicted octanol–water partition coefficient (Wildman–Crippen LogP) is 2.18. The largest absolute Gasteiger partial charge is 0.330 e. The molecule has 0 spiro atoms. The van der Waals surface area contributed by atoms with Crippen LogP contribution in [0, 0.1) is 0 Å². The Morgan fingerprint density at radius 1 is 1.35 bits per heavy atom. The van der Waals surface area contributed by atoms with Gasteiger partial charge in [0.1, 0.15) is 0 Å². The van der Waals surface area contributed by atoms with Crippen molar-refractivity contribution in [3.05, 3.63) is 27.1 Å². The smallest absolute Gasteiger partial charge is 0.243 e. The average molecular weight is 386 g/mol. The van der Waals surface area contributed by atoms with Crippen LogP contribution in [0.1, 0.15) is 6.42 Å². The first-order valence-electron chi connectivity index (χ1n) is 5.01. The molecule has 96 valence electrons. The molecule has 17 heavy (non-hydrogen) atoms. The van der Waals surface area contributed by atoms with E-state index in [0.29, 0.717) is 24.0 Å². The molecule has 0 amide bonds. The molecule has 0 aliphatic rings. The highest BCUT2D eigenvalue weighted by Gasteiger charge is 2.23. The van der Waals surface area contributed by atoms with Crippen LogP contribution in [0.2, 0.25) is 0 Å². The zero-order valence-electron chi connectivity index (χ0n) is 9.36. The van der Waals surface area contributed by atoms with Gasteiger partial charge in [0.15, 0.2) is 0 Å². The molecule has 1 rings (SSSR count). The number of hydrogen-bond acceptors (Lipinski definition) is 3. The molecule has 1 aromatic rings. The molecule has 0 bridgehead atoms. The van der Waals surface area contributed by atoms with Gasteiger partial charge in [0, 0.05) is 22.5 Å². The maximum atomic E-state index is 12.2. The Hall–Kier alpha value is 0.0500. The van der Waals surface area contributed by atoms with E-state index >= 15 is 0 Å². The lowest BCUT2D eigenvalue weighted by molar-refractivity contribution is 0.463. The molecule has 2 N–H and O–H groups in total. The monoisotopic (exact) mass is 384 g/mol. The van der Waals surface area contributed by atoms with Crippen molar-refractivity contribution in [2.75, 3.05) is 20.1 Å². The lowest BCUT2D eigenvalue weighted by atomic mass is 10.4. The first-order valence-corrected chi connectivity index (χ1v) is 8.03. The highest BCUT2D eigenvalue weighted by molar-refractivity contribution is 9.11. The van der Waals surface area contributed by atoms with E-state index in [-0.39, 0.29) is 4.90 Å². The Balaban J connectivity index is 3.08. The topological polar surface area (TPSA) is 63.4 Å².